The van der Waals surface area contributed by atoms with Crippen molar-refractivity contribution in [1.29, 1.82) is 0 Å². The molecule has 0 atom stereocenters. The summed E-state index contributed by atoms with van der Waals surface area (Å²) in [6.45, 7) is 3.38. The van der Waals surface area contributed by atoms with Gasteiger partial charge in [0.25, 0.3) is 5.91 Å². The number of carbonyl (C=O) groups excluding carboxylic acids is 1. The second-order valence-corrected chi connectivity index (χ2v) is 5.13. The van der Waals surface area contributed by atoms with E-state index in [1.165, 1.54) is 0 Å². The van der Waals surface area contributed by atoms with Crippen molar-refractivity contribution in [2.24, 2.45) is 0 Å². The Kier molecular flexibility index (Phi) is 2.55. The van der Waals surface area contributed by atoms with Gasteiger partial charge < -0.3 is 15.0 Å². The van der Waals surface area contributed by atoms with E-state index in [0.29, 0.717) is 13.2 Å². The molecule has 18 heavy (non-hydrogen) atoms. The first-order chi connectivity index (χ1) is 8.64. The van der Waals surface area contributed by atoms with Gasteiger partial charge in [0.1, 0.15) is 5.66 Å². The van der Waals surface area contributed by atoms with Gasteiger partial charge in [-0.3, -0.25) is 4.79 Å². The number of nitrogens with one attached hydrogen (secondary N) is 1. The van der Waals surface area contributed by atoms with E-state index in [2.05, 4.69) is 5.32 Å². The van der Waals surface area contributed by atoms with Gasteiger partial charge in [-0.25, -0.2) is 0 Å². The molecule has 1 saturated heterocycles. The van der Waals surface area contributed by atoms with Gasteiger partial charge in [0.05, 0.1) is 18.8 Å². The summed E-state index contributed by atoms with van der Waals surface area (Å²) in [6.07, 6.45) is 1.67. The molecule has 2 heterocycles. The number of aryl methyl sites for hydroxylation is 1. The lowest BCUT2D eigenvalue weighted by Gasteiger charge is -2.49. The van der Waals surface area contributed by atoms with E-state index in [1.807, 2.05) is 37.1 Å². The van der Waals surface area contributed by atoms with Crippen LogP contribution in [0.2, 0.25) is 0 Å². The quantitative estimate of drug-likeness (QED) is 0.761. The van der Waals surface area contributed by atoms with E-state index in [4.69, 9.17) is 4.74 Å². The average Bonchev–Trinajstić information content (AvgIpc) is 2.37. The predicted molar refractivity (Wildman–Crippen MR) is 69.7 cm³/mol. The number of amides is 1. The van der Waals surface area contributed by atoms with Crippen molar-refractivity contribution < 1.29 is 9.53 Å². The van der Waals surface area contributed by atoms with E-state index >= 15 is 0 Å². The molecule has 96 valence electrons. The van der Waals surface area contributed by atoms with Crippen LogP contribution in [0.1, 0.15) is 28.8 Å². The van der Waals surface area contributed by atoms with Crippen molar-refractivity contribution in [2.75, 3.05) is 25.6 Å². The van der Waals surface area contributed by atoms with Crippen LogP contribution in [0.5, 0.6) is 0 Å². The number of anilines is 1. The van der Waals surface area contributed by atoms with Gasteiger partial charge >= 0.3 is 0 Å². The molecule has 1 N–H and O–H groups in total. The molecular weight excluding hydrogens is 228 g/mol. The molecule has 0 radical (unpaired) electrons. The molecule has 0 aromatic heterocycles. The standard InChI is InChI=1S/C14H18N2O2/c1-10-4-3-5-11-12(10)13(17)16(2)14(15-11)6-8-18-9-7-14/h3-5,15H,6-9H2,1-2H3. The van der Waals surface area contributed by atoms with Gasteiger partial charge in [0, 0.05) is 25.6 Å². The van der Waals surface area contributed by atoms with Gasteiger partial charge in [-0.2, -0.15) is 0 Å². The SMILES string of the molecule is Cc1cccc2c1C(=O)N(C)C1(CCOCC1)N2. The fourth-order valence-electron chi connectivity index (χ4n) is 2.92. The number of ether oxygens (including phenoxy) is 1. The summed E-state index contributed by atoms with van der Waals surface area (Å²) in [6, 6.07) is 5.96. The van der Waals surface area contributed by atoms with E-state index in [9.17, 15) is 4.79 Å². The normalized spacial score (nSPS) is 21.7. The van der Waals surface area contributed by atoms with E-state index in [0.717, 1.165) is 29.7 Å². The van der Waals surface area contributed by atoms with Crippen molar-refractivity contribution in [3.05, 3.63) is 29.3 Å². The Labute approximate surface area is 107 Å². The number of fused-ring (bicyclic) bond motifs is 1. The van der Waals surface area contributed by atoms with Crippen LogP contribution >= 0.6 is 0 Å². The number of hydrogen-bond donors (Lipinski definition) is 1. The molecule has 4 heteroatoms. The molecule has 1 amide bonds. The smallest absolute Gasteiger partial charge is 0.257 e. The maximum absolute atomic E-state index is 12.6. The first-order valence-electron chi connectivity index (χ1n) is 6.38. The molecular formula is C14H18N2O2. The zero-order chi connectivity index (χ0) is 12.8. The lowest BCUT2D eigenvalue weighted by Crippen LogP contribution is -2.60. The second kappa shape index (κ2) is 3.99. The van der Waals surface area contributed by atoms with Crippen LogP contribution in [0.15, 0.2) is 18.2 Å². The van der Waals surface area contributed by atoms with Crippen LogP contribution < -0.4 is 5.32 Å². The lowest BCUT2D eigenvalue weighted by atomic mass is 9.91. The van der Waals surface area contributed by atoms with Crippen molar-refractivity contribution in [3.63, 3.8) is 0 Å². The molecule has 0 bridgehead atoms. The molecule has 1 aromatic carbocycles. The summed E-state index contributed by atoms with van der Waals surface area (Å²) in [5.74, 6) is 0.115. The zero-order valence-corrected chi connectivity index (χ0v) is 10.8. The van der Waals surface area contributed by atoms with Gasteiger partial charge in [0.15, 0.2) is 0 Å². The monoisotopic (exact) mass is 246 g/mol. The Morgan fingerprint density at radius 1 is 1.33 bits per heavy atom. The Bertz CT molecular complexity index is 493. The fraction of sp³-hybridized carbons (Fsp3) is 0.500. The molecule has 1 aromatic rings. The number of hydrogen-bond acceptors (Lipinski definition) is 3. The molecule has 3 rings (SSSR count). The van der Waals surface area contributed by atoms with Crippen LogP contribution in [0.3, 0.4) is 0 Å². The molecule has 1 spiro atoms. The maximum Gasteiger partial charge on any atom is 0.257 e. The molecule has 2 aliphatic heterocycles. The summed E-state index contributed by atoms with van der Waals surface area (Å²) in [5.41, 5.74) is 2.52. The lowest BCUT2D eigenvalue weighted by molar-refractivity contribution is -0.00115. The Morgan fingerprint density at radius 2 is 2.06 bits per heavy atom. The van der Waals surface area contributed by atoms with Crippen LogP contribution in [0.25, 0.3) is 0 Å². The van der Waals surface area contributed by atoms with Gasteiger partial charge in [-0.05, 0) is 18.6 Å². The van der Waals surface area contributed by atoms with Crippen molar-refractivity contribution in [3.8, 4) is 0 Å². The molecule has 0 unspecified atom stereocenters. The summed E-state index contributed by atoms with van der Waals surface area (Å²) in [4.78, 5) is 14.4. The van der Waals surface area contributed by atoms with E-state index < -0.39 is 0 Å². The Hall–Kier alpha value is -1.55. The second-order valence-electron chi connectivity index (χ2n) is 5.13. The van der Waals surface area contributed by atoms with Crippen LogP contribution in [0.4, 0.5) is 5.69 Å². The van der Waals surface area contributed by atoms with E-state index in [1.54, 1.807) is 0 Å². The molecule has 4 nitrogen and oxygen atoms in total. The highest BCUT2D eigenvalue weighted by Gasteiger charge is 2.43. The van der Waals surface area contributed by atoms with Crippen LogP contribution in [-0.2, 0) is 4.74 Å². The zero-order valence-electron chi connectivity index (χ0n) is 10.8. The predicted octanol–water partition coefficient (Wildman–Crippen LogP) is 2.00. The summed E-state index contributed by atoms with van der Waals surface area (Å²) in [5, 5.41) is 3.56. The highest BCUT2D eigenvalue weighted by molar-refractivity contribution is 6.03. The first-order valence-corrected chi connectivity index (χ1v) is 6.38. The van der Waals surface area contributed by atoms with Gasteiger partial charge in [-0.1, -0.05) is 12.1 Å². The minimum absolute atomic E-state index is 0.115. The largest absolute Gasteiger partial charge is 0.381 e. The molecule has 2 aliphatic rings. The summed E-state index contributed by atoms with van der Waals surface area (Å²) >= 11 is 0. The fourth-order valence-corrected chi connectivity index (χ4v) is 2.92. The van der Waals surface area contributed by atoms with Crippen LogP contribution in [-0.4, -0.2) is 36.7 Å². The minimum Gasteiger partial charge on any atom is -0.381 e. The van der Waals surface area contributed by atoms with Crippen molar-refractivity contribution >= 4 is 11.6 Å². The van der Waals surface area contributed by atoms with Crippen LogP contribution in [0, 0.1) is 6.92 Å². The highest BCUT2D eigenvalue weighted by Crippen LogP contribution is 2.37. The topological polar surface area (TPSA) is 41.6 Å². The minimum atomic E-state index is -0.268. The average molecular weight is 246 g/mol. The number of carbonyl (C=O) groups is 1. The molecule has 1 fully saturated rings. The first kappa shape index (κ1) is 11.5. The number of benzene rings is 1. The van der Waals surface area contributed by atoms with Gasteiger partial charge in [-0.15, -0.1) is 0 Å². The highest BCUT2D eigenvalue weighted by atomic mass is 16.5. The third kappa shape index (κ3) is 1.52. The number of rotatable bonds is 0. The van der Waals surface area contributed by atoms with Crippen molar-refractivity contribution in [2.45, 2.75) is 25.4 Å². The van der Waals surface area contributed by atoms with Crippen molar-refractivity contribution in [1.82, 2.24) is 4.90 Å². The molecule has 0 aliphatic carbocycles. The number of nitrogens with zero attached hydrogens (tertiary/aromatic N) is 1. The molecule has 0 saturated carbocycles. The summed E-state index contributed by atoms with van der Waals surface area (Å²) in [7, 11) is 1.88. The Morgan fingerprint density at radius 3 is 2.78 bits per heavy atom. The third-order valence-corrected chi connectivity index (χ3v) is 4.12. The third-order valence-electron chi connectivity index (χ3n) is 4.12. The maximum atomic E-state index is 12.6. The van der Waals surface area contributed by atoms with Gasteiger partial charge in [0.2, 0.25) is 0 Å². The summed E-state index contributed by atoms with van der Waals surface area (Å²) < 4.78 is 5.41. The van der Waals surface area contributed by atoms with E-state index in [-0.39, 0.29) is 11.6 Å². The Balaban J connectivity index is 2.07.